The lowest BCUT2D eigenvalue weighted by Crippen LogP contribution is -2.12. The van der Waals surface area contributed by atoms with Crippen LogP contribution in [0.1, 0.15) is 6.92 Å². The Morgan fingerprint density at radius 1 is 1.25 bits per heavy atom. The Labute approximate surface area is 71.6 Å². The molecule has 6 nitrogen and oxygen atoms in total. The monoisotopic (exact) mass is 200 g/mol. The topological polar surface area (TPSA) is 71.1 Å². The third kappa shape index (κ3) is 6.50. The summed E-state index contributed by atoms with van der Waals surface area (Å²) in [4.78, 5) is 4.25. The number of hydrogen-bond donors (Lipinski definition) is 0. The molecule has 0 aliphatic carbocycles. The summed E-state index contributed by atoms with van der Waals surface area (Å²) in [5.41, 5.74) is 0. The highest BCUT2D eigenvalue weighted by molar-refractivity contribution is 7.81. The summed E-state index contributed by atoms with van der Waals surface area (Å²) in [6.45, 7) is 1.82. The van der Waals surface area contributed by atoms with Crippen molar-refractivity contribution >= 4 is 10.4 Å². The van der Waals surface area contributed by atoms with Crippen molar-refractivity contribution in [2.24, 2.45) is 0 Å². The van der Waals surface area contributed by atoms with Crippen molar-refractivity contribution in [1.82, 2.24) is 0 Å². The van der Waals surface area contributed by atoms with Crippen LogP contribution in [0.5, 0.6) is 0 Å². The van der Waals surface area contributed by atoms with Crippen LogP contribution in [-0.4, -0.2) is 35.3 Å². The van der Waals surface area contributed by atoms with E-state index in [1.807, 2.05) is 0 Å². The van der Waals surface area contributed by atoms with E-state index in [4.69, 9.17) is 0 Å². The van der Waals surface area contributed by atoms with E-state index in [-0.39, 0.29) is 19.8 Å². The maximum absolute atomic E-state index is 10.6. The Kier molecular flexibility index (Phi) is 6.21. The van der Waals surface area contributed by atoms with E-state index in [9.17, 15) is 8.42 Å². The molecule has 0 aromatic rings. The van der Waals surface area contributed by atoms with Gasteiger partial charge in [-0.05, 0) is 6.92 Å². The molecule has 74 valence electrons. The number of ether oxygens (including phenoxy) is 1. The first-order valence-corrected chi connectivity index (χ1v) is 4.65. The quantitative estimate of drug-likeness (QED) is 0.323. The molecule has 0 heterocycles. The molecule has 0 atom stereocenters. The standard InChI is InChI=1S/C5H12O6S/c1-3-10-12(6,7)11-9-5-4-8-2/h3-5H2,1-2H3. The van der Waals surface area contributed by atoms with E-state index in [2.05, 4.69) is 18.1 Å². The third-order valence-corrected chi connectivity index (χ3v) is 1.55. The molecule has 0 aliphatic rings. The maximum atomic E-state index is 10.6. The van der Waals surface area contributed by atoms with Crippen LogP contribution in [0.3, 0.4) is 0 Å². The second-order valence-corrected chi connectivity index (χ2v) is 2.89. The molecule has 0 unspecified atom stereocenters. The van der Waals surface area contributed by atoms with Crippen LogP contribution in [-0.2, 0) is 28.5 Å². The van der Waals surface area contributed by atoms with Crippen LogP contribution in [0.25, 0.3) is 0 Å². The summed E-state index contributed by atoms with van der Waals surface area (Å²) in [6.07, 6.45) is 0. The second kappa shape index (κ2) is 6.32. The molecular formula is C5H12O6S. The van der Waals surface area contributed by atoms with E-state index in [0.717, 1.165) is 0 Å². The fraction of sp³-hybridized carbons (Fsp3) is 1.00. The van der Waals surface area contributed by atoms with Gasteiger partial charge in [0.1, 0.15) is 6.61 Å². The Hall–Kier alpha value is -0.210. The number of methoxy groups -OCH3 is 1. The van der Waals surface area contributed by atoms with Gasteiger partial charge in [-0.25, -0.2) is 9.07 Å². The first-order chi connectivity index (χ1) is 5.62. The molecule has 0 saturated carbocycles. The van der Waals surface area contributed by atoms with Crippen molar-refractivity contribution in [1.29, 1.82) is 0 Å². The average Bonchev–Trinajstić information content (AvgIpc) is 1.98. The molecule has 0 amide bonds. The fourth-order valence-corrected chi connectivity index (χ4v) is 0.888. The maximum Gasteiger partial charge on any atom is 0.426 e. The smallest absolute Gasteiger partial charge is 0.382 e. The summed E-state index contributed by atoms with van der Waals surface area (Å²) in [7, 11) is -2.53. The lowest BCUT2D eigenvalue weighted by Gasteiger charge is -2.02. The highest BCUT2D eigenvalue weighted by atomic mass is 32.3. The largest absolute Gasteiger partial charge is 0.426 e. The lowest BCUT2D eigenvalue weighted by atomic mass is 10.8. The Bertz CT molecular complexity index is 186. The van der Waals surface area contributed by atoms with Gasteiger partial charge < -0.3 is 4.74 Å². The predicted molar refractivity (Wildman–Crippen MR) is 39.5 cm³/mol. The molecule has 0 radical (unpaired) electrons. The molecule has 0 spiro atoms. The van der Waals surface area contributed by atoms with Gasteiger partial charge in [-0.3, -0.25) is 0 Å². The van der Waals surface area contributed by atoms with Gasteiger partial charge in [0.05, 0.1) is 13.2 Å². The molecule has 0 aliphatic heterocycles. The number of hydrogen-bond acceptors (Lipinski definition) is 6. The zero-order valence-electron chi connectivity index (χ0n) is 6.98. The van der Waals surface area contributed by atoms with Crippen LogP contribution in [0.2, 0.25) is 0 Å². The van der Waals surface area contributed by atoms with Gasteiger partial charge in [0.15, 0.2) is 0 Å². The van der Waals surface area contributed by atoms with Crippen LogP contribution in [0.15, 0.2) is 0 Å². The highest BCUT2D eigenvalue weighted by Crippen LogP contribution is 1.95. The van der Waals surface area contributed by atoms with E-state index in [1.54, 1.807) is 0 Å². The minimum Gasteiger partial charge on any atom is -0.382 e. The zero-order chi connectivity index (χ0) is 9.45. The van der Waals surface area contributed by atoms with Gasteiger partial charge in [0.2, 0.25) is 0 Å². The number of rotatable bonds is 7. The first-order valence-electron chi connectivity index (χ1n) is 3.31. The van der Waals surface area contributed by atoms with Crippen LogP contribution in [0, 0.1) is 0 Å². The summed E-state index contributed by atoms with van der Waals surface area (Å²) in [5, 5.41) is 0. The fourth-order valence-electron chi connectivity index (χ4n) is 0.374. The van der Waals surface area contributed by atoms with Gasteiger partial charge in [0, 0.05) is 7.11 Å². The molecule has 7 heteroatoms. The Morgan fingerprint density at radius 3 is 2.42 bits per heavy atom. The zero-order valence-corrected chi connectivity index (χ0v) is 7.80. The molecule has 0 aromatic carbocycles. The van der Waals surface area contributed by atoms with E-state index < -0.39 is 10.4 Å². The molecule has 0 bridgehead atoms. The summed E-state index contributed by atoms with van der Waals surface area (Å²) in [6, 6.07) is 0. The predicted octanol–water partition coefficient (Wildman–Crippen LogP) is -0.138. The molecule has 0 N–H and O–H groups in total. The van der Waals surface area contributed by atoms with E-state index >= 15 is 0 Å². The normalized spacial score (nSPS) is 11.8. The van der Waals surface area contributed by atoms with Crippen molar-refractivity contribution in [2.45, 2.75) is 6.92 Å². The highest BCUT2D eigenvalue weighted by Gasteiger charge is 2.10. The van der Waals surface area contributed by atoms with E-state index in [0.29, 0.717) is 0 Å². The van der Waals surface area contributed by atoms with Crippen molar-refractivity contribution in [3.63, 3.8) is 0 Å². The molecule has 0 fully saturated rings. The van der Waals surface area contributed by atoms with Crippen LogP contribution >= 0.6 is 0 Å². The Morgan fingerprint density at radius 2 is 1.92 bits per heavy atom. The summed E-state index contributed by atoms with van der Waals surface area (Å²) < 4.78 is 33.9. The molecule has 0 rings (SSSR count). The van der Waals surface area contributed by atoms with Crippen LogP contribution < -0.4 is 0 Å². The first kappa shape index (κ1) is 11.8. The minimum absolute atomic E-state index is 0.00989. The molecular weight excluding hydrogens is 188 g/mol. The van der Waals surface area contributed by atoms with Gasteiger partial charge in [-0.1, -0.05) is 4.33 Å². The molecule has 0 saturated heterocycles. The minimum atomic E-state index is -3.99. The SMILES string of the molecule is CCOS(=O)(=O)OOCCOC. The van der Waals surface area contributed by atoms with Gasteiger partial charge in [0.25, 0.3) is 0 Å². The van der Waals surface area contributed by atoms with Crippen molar-refractivity contribution < 1.29 is 26.6 Å². The van der Waals surface area contributed by atoms with Crippen molar-refractivity contribution in [3.8, 4) is 0 Å². The average molecular weight is 200 g/mol. The molecule has 12 heavy (non-hydrogen) atoms. The van der Waals surface area contributed by atoms with E-state index in [1.165, 1.54) is 14.0 Å². The Balaban J connectivity index is 3.48. The van der Waals surface area contributed by atoms with Crippen LogP contribution in [0.4, 0.5) is 0 Å². The van der Waals surface area contributed by atoms with Gasteiger partial charge in [-0.15, -0.1) is 0 Å². The van der Waals surface area contributed by atoms with Gasteiger partial charge >= 0.3 is 10.4 Å². The van der Waals surface area contributed by atoms with Crippen molar-refractivity contribution in [2.75, 3.05) is 26.9 Å². The lowest BCUT2D eigenvalue weighted by molar-refractivity contribution is -0.216. The molecule has 0 aromatic heterocycles. The summed E-state index contributed by atoms with van der Waals surface area (Å²) in [5.74, 6) is 0. The van der Waals surface area contributed by atoms with Crippen molar-refractivity contribution in [3.05, 3.63) is 0 Å². The van der Waals surface area contributed by atoms with Gasteiger partial charge in [-0.2, -0.15) is 8.42 Å². The summed E-state index contributed by atoms with van der Waals surface area (Å²) >= 11 is 0. The third-order valence-electron chi connectivity index (χ3n) is 0.764. The second-order valence-electron chi connectivity index (χ2n) is 1.70.